The summed E-state index contributed by atoms with van der Waals surface area (Å²) in [6.45, 7) is 0. The van der Waals surface area contributed by atoms with Crippen LogP contribution in [0.1, 0.15) is 11.5 Å². The molecule has 0 unspecified atom stereocenters. The van der Waals surface area contributed by atoms with Gasteiger partial charge in [-0.25, -0.2) is 15.0 Å². The summed E-state index contributed by atoms with van der Waals surface area (Å²) in [6.07, 6.45) is 5.65. The molecule has 2 heterocycles. The fourth-order valence-electron chi connectivity index (χ4n) is 2.04. The maximum atomic E-state index is 5.86. The lowest BCUT2D eigenvalue weighted by Gasteiger charge is -1.96. The molecule has 6 heteroatoms. The third kappa shape index (κ3) is 3.35. The van der Waals surface area contributed by atoms with Gasteiger partial charge in [0.05, 0.1) is 11.4 Å². The van der Waals surface area contributed by atoms with Crippen molar-refractivity contribution in [3.8, 4) is 11.3 Å². The lowest BCUT2D eigenvalue weighted by atomic mass is 10.2. The molecule has 3 aromatic rings. The fourth-order valence-corrected chi connectivity index (χ4v) is 2.46. The number of benzene rings is 1. The van der Waals surface area contributed by atoms with Crippen molar-refractivity contribution >= 4 is 35.4 Å². The van der Waals surface area contributed by atoms with E-state index in [4.69, 9.17) is 23.2 Å². The van der Waals surface area contributed by atoms with Crippen LogP contribution < -0.4 is 0 Å². The van der Waals surface area contributed by atoms with Gasteiger partial charge in [-0.3, -0.25) is 0 Å². The molecule has 22 heavy (non-hydrogen) atoms. The molecule has 0 N–H and O–H groups in total. The van der Waals surface area contributed by atoms with Gasteiger partial charge in [0.2, 0.25) is 5.28 Å². The van der Waals surface area contributed by atoms with E-state index < -0.39 is 0 Å². The van der Waals surface area contributed by atoms with Gasteiger partial charge in [0, 0.05) is 24.9 Å². The lowest BCUT2D eigenvalue weighted by molar-refractivity contribution is 0.898. The van der Waals surface area contributed by atoms with E-state index in [1.807, 2.05) is 54.2 Å². The first kappa shape index (κ1) is 14.8. The molecular weight excluding hydrogens is 319 g/mol. The van der Waals surface area contributed by atoms with Crippen LogP contribution in [0.15, 0.2) is 42.6 Å². The van der Waals surface area contributed by atoms with E-state index in [1.54, 1.807) is 12.1 Å². The molecule has 1 aromatic carbocycles. The van der Waals surface area contributed by atoms with E-state index in [1.165, 1.54) is 0 Å². The van der Waals surface area contributed by atoms with E-state index in [-0.39, 0.29) is 5.28 Å². The van der Waals surface area contributed by atoms with Crippen LogP contribution in [-0.2, 0) is 7.05 Å². The monoisotopic (exact) mass is 330 g/mol. The summed E-state index contributed by atoms with van der Waals surface area (Å²) in [7, 11) is 1.94. The van der Waals surface area contributed by atoms with Crippen LogP contribution in [0.25, 0.3) is 23.4 Å². The molecule has 0 spiro atoms. The molecule has 0 atom stereocenters. The summed E-state index contributed by atoms with van der Waals surface area (Å²) in [5.41, 5.74) is 2.63. The number of rotatable bonds is 3. The summed E-state index contributed by atoms with van der Waals surface area (Å²) in [4.78, 5) is 12.5. The zero-order valence-corrected chi connectivity index (χ0v) is 13.3. The number of aromatic nitrogens is 4. The van der Waals surface area contributed by atoms with Crippen molar-refractivity contribution in [1.29, 1.82) is 0 Å². The van der Waals surface area contributed by atoms with Gasteiger partial charge >= 0.3 is 0 Å². The molecule has 0 saturated carbocycles. The Hall–Kier alpha value is -2.17. The molecule has 0 fully saturated rings. The molecule has 0 aliphatic heterocycles. The van der Waals surface area contributed by atoms with Crippen LogP contribution in [0, 0.1) is 0 Å². The van der Waals surface area contributed by atoms with Crippen molar-refractivity contribution in [2.75, 3.05) is 0 Å². The number of imidazole rings is 1. The van der Waals surface area contributed by atoms with Crippen molar-refractivity contribution in [1.82, 2.24) is 19.5 Å². The molecule has 2 aromatic heterocycles. The van der Waals surface area contributed by atoms with Crippen molar-refractivity contribution in [2.24, 2.45) is 7.05 Å². The Labute approximate surface area is 138 Å². The smallest absolute Gasteiger partial charge is 0.224 e. The molecule has 0 radical (unpaired) electrons. The first-order chi connectivity index (χ1) is 10.6. The second-order valence-corrected chi connectivity index (χ2v) is 5.40. The molecule has 0 amide bonds. The topological polar surface area (TPSA) is 43.6 Å². The minimum absolute atomic E-state index is 0.122. The number of aryl methyl sites for hydroxylation is 1. The molecule has 0 aliphatic carbocycles. The molecule has 110 valence electrons. The van der Waals surface area contributed by atoms with Gasteiger partial charge < -0.3 is 4.57 Å². The van der Waals surface area contributed by atoms with E-state index in [0.717, 1.165) is 17.1 Å². The molecule has 0 aliphatic rings. The predicted molar refractivity (Wildman–Crippen MR) is 89.6 cm³/mol. The highest BCUT2D eigenvalue weighted by molar-refractivity contribution is 6.31. The largest absolute Gasteiger partial charge is 0.334 e. The summed E-state index contributed by atoms with van der Waals surface area (Å²) in [5.74, 6) is 0.810. The molecule has 0 bridgehead atoms. The molecule has 4 nitrogen and oxygen atoms in total. The average molecular weight is 331 g/mol. The Bertz CT molecular complexity index is 805. The van der Waals surface area contributed by atoms with Crippen molar-refractivity contribution in [2.45, 2.75) is 0 Å². The van der Waals surface area contributed by atoms with Crippen molar-refractivity contribution in [3.63, 3.8) is 0 Å². The van der Waals surface area contributed by atoms with Gasteiger partial charge in [-0.15, -0.1) is 0 Å². The third-order valence-electron chi connectivity index (χ3n) is 3.07. The Kier molecular flexibility index (Phi) is 4.22. The first-order valence-electron chi connectivity index (χ1n) is 6.59. The zero-order chi connectivity index (χ0) is 15.5. The Balaban J connectivity index is 1.90. The highest BCUT2D eigenvalue weighted by Crippen LogP contribution is 2.19. The zero-order valence-electron chi connectivity index (χ0n) is 11.7. The normalized spacial score (nSPS) is 11.2. The summed E-state index contributed by atoms with van der Waals surface area (Å²) in [5, 5.41) is 0.432. The summed E-state index contributed by atoms with van der Waals surface area (Å²) in [6, 6.07) is 11.7. The van der Waals surface area contributed by atoms with Crippen molar-refractivity contribution in [3.05, 3.63) is 64.6 Å². The number of halogens is 2. The van der Waals surface area contributed by atoms with Crippen LogP contribution >= 0.6 is 23.2 Å². The van der Waals surface area contributed by atoms with Gasteiger partial charge in [-0.05, 0) is 23.8 Å². The van der Waals surface area contributed by atoms with Gasteiger partial charge in [-0.2, -0.15) is 0 Å². The number of hydrogen-bond acceptors (Lipinski definition) is 3. The summed E-state index contributed by atoms with van der Waals surface area (Å²) >= 11 is 11.6. The van der Waals surface area contributed by atoms with Crippen LogP contribution in [0.2, 0.25) is 10.4 Å². The minimum atomic E-state index is 0.122. The second-order valence-electron chi connectivity index (χ2n) is 4.68. The van der Waals surface area contributed by atoms with E-state index in [2.05, 4.69) is 15.0 Å². The van der Waals surface area contributed by atoms with E-state index in [0.29, 0.717) is 10.8 Å². The van der Waals surface area contributed by atoms with Crippen LogP contribution in [-0.4, -0.2) is 19.5 Å². The predicted octanol–water partition coefficient (Wildman–Crippen LogP) is 4.35. The Morgan fingerprint density at radius 3 is 2.50 bits per heavy atom. The number of hydrogen-bond donors (Lipinski definition) is 0. The highest BCUT2D eigenvalue weighted by Gasteiger charge is 2.05. The molecule has 3 rings (SSSR count). The van der Waals surface area contributed by atoms with Crippen molar-refractivity contribution < 1.29 is 0 Å². The summed E-state index contributed by atoms with van der Waals surface area (Å²) < 4.78 is 1.95. The molecule has 0 saturated heterocycles. The Morgan fingerprint density at radius 2 is 1.77 bits per heavy atom. The van der Waals surface area contributed by atoms with Gasteiger partial charge in [-0.1, -0.05) is 41.9 Å². The van der Waals surface area contributed by atoms with Crippen LogP contribution in [0.3, 0.4) is 0 Å². The third-order valence-corrected chi connectivity index (χ3v) is 3.44. The lowest BCUT2D eigenvalue weighted by Crippen LogP contribution is -1.90. The first-order valence-corrected chi connectivity index (χ1v) is 7.34. The highest BCUT2D eigenvalue weighted by atomic mass is 35.5. The van der Waals surface area contributed by atoms with Gasteiger partial charge in [0.25, 0.3) is 0 Å². The van der Waals surface area contributed by atoms with Crippen LogP contribution in [0.5, 0.6) is 0 Å². The average Bonchev–Trinajstić information content (AvgIpc) is 2.86. The maximum Gasteiger partial charge on any atom is 0.224 e. The van der Waals surface area contributed by atoms with Gasteiger partial charge in [0.1, 0.15) is 11.0 Å². The number of nitrogens with zero attached hydrogens (tertiary/aromatic N) is 4. The standard InChI is InChI=1S/C16H12Cl2N4/c1-22-10-13(11-5-3-2-4-6-11)20-15(22)8-7-12-9-14(17)21-16(18)19-12/h2-10H,1H3/b8-7+. The second kappa shape index (κ2) is 6.30. The quantitative estimate of drug-likeness (QED) is 0.529. The molecular formula is C16H12Cl2N4. The minimum Gasteiger partial charge on any atom is -0.334 e. The Morgan fingerprint density at radius 1 is 1.00 bits per heavy atom. The maximum absolute atomic E-state index is 5.86. The van der Waals surface area contributed by atoms with Gasteiger partial charge in [0.15, 0.2) is 0 Å². The SMILES string of the molecule is Cn1cc(-c2ccccc2)nc1/C=C/c1cc(Cl)nc(Cl)n1. The van der Waals surface area contributed by atoms with Crippen LogP contribution in [0.4, 0.5) is 0 Å². The van der Waals surface area contributed by atoms with E-state index >= 15 is 0 Å². The van der Waals surface area contributed by atoms with E-state index in [9.17, 15) is 0 Å². The fraction of sp³-hybridized carbons (Fsp3) is 0.0625.